The van der Waals surface area contributed by atoms with Crippen molar-refractivity contribution < 1.29 is 8.42 Å². The van der Waals surface area contributed by atoms with E-state index in [1.165, 1.54) is 49.1 Å². The second-order valence-electron chi connectivity index (χ2n) is 10.4. The van der Waals surface area contributed by atoms with Crippen LogP contribution in [0.5, 0.6) is 0 Å². The van der Waals surface area contributed by atoms with Crippen molar-refractivity contribution in [1.82, 2.24) is 14.9 Å². The summed E-state index contributed by atoms with van der Waals surface area (Å²) in [7, 11) is -3.37. The maximum atomic E-state index is 11.8. The SMILES string of the molecule is Cc1cc(N2C(=S)N[C@H](c3ccccn3)[C@@H]2c2cc(C)n(C3CCCCC3)c2C)ccc1NS(C)(=O)=O. The summed E-state index contributed by atoms with van der Waals surface area (Å²) in [4.78, 5) is 6.85. The van der Waals surface area contributed by atoms with Crippen LogP contribution in [0.3, 0.4) is 0 Å². The quantitative estimate of drug-likeness (QED) is 0.383. The Hall–Kier alpha value is -2.91. The molecule has 1 aliphatic heterocycles. The summed E-state index contributed by atoms with van der Waals surface area (Å²) in [6.45, 7) is 6.35. The van der Waals surface area contributed by atoms with Crippen LogP contribution < -0.4 is 14.9 Å². The predicted octanol–water partition coefficient (Wildman–Crippen LogP) is 5.86. The van der Waals surface area contributed by atoms with Crippen LogP contribution in [0.2, 0.25) is 0 Å². The molecule has 2 N–H and O–H groups in total. The molecule has 2 fully saturated rings. The highest BCUT2D eigenvalue weighted by molar-refractivity contribution is 7.92. The van der Waals surface area contributed by atoms with E-state index in [2.05, 4.69) is 44.4 Å². The normalized spacial score (nSPS) is 20.8. The van der Waals surface area contributed by atoms with Crippen LogP contribution in [0.4, 0.5) is 11.4 Å². The minimum absolute atomic E-state index is 0.0981. The van der Waals surface area contributed by atoms with Gasteiger partial charge in [0, 0.05) is 29.3 Å². The standard InChI is InChI=1S/C28H35N5O2S2/c1-18-16-22(13-14-24(18)31-37(4,34)35)33-27(26(30-28(33)36)25-12-8-9-15-29-25)23-17-19(2)32(20(23)3)21-10-6-5-7-11-21/h8-9,12-17,21,26-27,31H,5-7,10-11H2,1-4H3,(H,30,36)/t26-,27+/m1/s1. The molecule has 0 bridgehead atoms. The molecule has 196 valence electrons. The van der Waals surface area contributed by atoms with Crippen molar-refractivity contribution in [3.8, 4) is 0 Å². The number of nitrogens with one attached hydrogen (secondary N) is 2. The van der Waals surface area contributed by atoms with Gasteiger partial charge in [-0.3, -0.25) is 9.71 Å². The van der Waals surface area contributed by atoms with Gasteiger partial charge in [0.05, 0.1) is 29.7 Å². The van der Waals surface area contributed by atoms with E-state index in [4.69, 9.17) is 12.2 Å². The first kappa shape index (κ1) is 25.7. The Morgan fingerprint density at radius 2 is 1.81 bits per heavy atom. The number of rotatable bonds is 6. The van der Waals surface area contributed by atoms with Crippen LogP contribution in [0.1, 0.15) is 78.4 Å². The number of thiocarbonyl (C=S) groups is 1. The average molecular weight is 538 g/mol. The Kier molecular flexibility index (Phi) is 7.02. The van der Waals surface area contributed by atoms with Crippen LogP contribution in [-0.4, -0.2) is 29.3 Å². The zero-order valence-electron chi connectivity index (χ0n) is 21.9. The number of benzene rings is 1. The highest BCUT2D eigenvalue weighted by Gasteiger charge is 2.42. The number of aromatic nitrogens is 2. The van der Waals surface area contributed by atoms with Crippen molar-refractivity contribution in [2.45, 2.75) is 71.0 Å². The first-order valence-electron chi connectivity index (χ1n) is 12.9. The zero-order valence-corrected chi connectivity index (χ0v) is 23.5. The van der Waals surface area contributed by atoms with Gasteiger partial charge in [0.1, 0.15) is 0 Å². The molecule has 0 spiro atoms. The van der Waals surface area contributed by atoms with E-state index in [9.17, 15) is 8.42 Å². The smallest absolute Gasteiger partial charge is 0.229 e. The number of anilines is 2. The van der Waals surface area contributed by atoms with E-state index in [1.807, 2.05) is 49.5 Å². The van der Waals surface area contributed by atoms with Crippen molar-refractivity contribution in [2.75, 3.05) is 15.9 Å². The summed E-state index contributed by atoms with van der Waals surface area (Å²) in [5.74, 6) is 0. The molecule has 37 heavy (non-hydrogen) atoms. The Bertz CT molecular complexity index is 1410. The molecule has 2 aliphatic rings. The van der Waals surface area contributed by atoms with Crippen molar-refractivity contribution in [3.05, 3.63) is 76.9 Å². The van der Waals surface area contributed by atoms with Gasteiger partial charge in [0.2, 0.25) is 10.0 Å². The van der Waals surface area contributed by atoms with Gasteiger partial charge in [-0.1, -0.05) is 25.3 Å². The molecule has 1 aliphatic carbocycles. The predicted molar refractivity (Wildman–Crippen MR) is 154 cm³/mol. The zero-order chi connectivity index (χ0) is 26.3. The molecule has 2 aromatic heterocycles. The van der Waals surface area contributed by atoms with Gasteiger partial charge >= 0.3 is 0 Å². The van der Waals surface area contributed by atoms with E-state index >= 15 is 0 Å². The Balaban J connectivity index is 1.61. The molecule has 1 saturated carbocycles. The summed E-state index contributed by atoms with van der Waals surface area (Å²) in [6, 6.07) is 14.4. The molecule has 0 unspecified atom stereocenters. The maximum Gasteiger partial charge on any atom is 0.229 e. The molecule has 0 amide bonds. The fourth-order valence-electron chi connectivity index (χ4n) is 6.06. The molecule has 3 heterocycles. The van der Waals surface area contributed by atoms with Crippen molar-refractivity contribution in [2.24, 2.45) is 0 Å². The molecule has 1 aromatic carbocycles. The molecule has 3 aromatic rings. The Labute approximate surface area is 225 Å². The van der Waals surface area contributed by atoms with Gasteiger partial charge < -0.3 is 14.8 Å². The van der Waals surface area contributed by atoms with Gasteiger partial charge in [-0.15, -0.1) is 0 Å². The van der Waals surface area contributed by atoms with E-state index in [-0.39, 0.29) is 12.1 Å². The number of aryl methyl sites for hydroxylation is 2. The summed E-state index contributed by atoms with van der Waals surface area (Å²) in [6.07, 6.45) is 9.31. The van der Waals surface area contributed by atoms with Gasteiger partial charge in [-0.05, 0) is 93.4 Å². The number of hydrogen-bond acceptors (Lipinski definition) is 4. The highest BCUT2D eigenvalue weighted by atomic mass is 32.2. The van der Waals surface area contributed by atoms with E-state index in [0.29, 0.717) is 16.8 Å². The first-order chi connectivity index (χ1) is 17.6. The number of sulfonamides is 1. The van der Waals surface area contributed by atoms with Crippen LogP contribution in [0.25, 0.3) is 0 Å². The average Bonchev–Trinajstić information content (AvgIpc) is 3.35. The lowest BCUT2D eigenvalue weighted by atomic mass is 9.94. The van der Waals surface area contributed by atoms with E-state index in [0.717, 1.165) is 23.2 Å². The van der Waals surface area contributed by atoms with Crippen LogP contribution in [0, 0.1) is 20.8 Å². The minimum Gasteiger partial charge on any atom is -0.351 e. The third kappa shape index (κ3) is 5.11. The highest BCUT2D eigenvalue weighted by Crippen LogP contribution is 2.45. The lowest BCUT2D eigenvalue weighted by Gasteiger charge is -2.30. The van der Waals surface area contributed by atoms with Crippen LogP contribution >= 0.6 is 12.2 Å². The molecule has 5 rings (SSSR count). The van der Waals surface area contributed by atoms with Gasteiger partial charge in [-0.2, -0.15) is 0 Å². The van der Waals surface area contributed by atoms with Gasteiger partial charge in [0.25, 0.3) is 0 Å². The third-order valence-electron chi connectivity index (χ3n) is 7.66. The summed E-state index contributed by atoms with van der Waals surface area (Å²) < 4.78 is 28.8. The molecule has 0 radical (unpaired) electrons. The number of nitrogens with zero attached hydrogens (tertiary/aromatic N) is 3. The number of pyridine rings is 1. The Morgan fingerprint density at radius 3 is 2.46 bits per heavy atom. The molecule has 7 nitrogen and oxygen atoms in total. The van der Waals surface area contributed by atoms with Crippen LogP contribution in [-0.2, 0) is 10.0 Å². The van der Waals surface area contributed by atoms with E-state index in [1.54, 1.807) is 0 Å². The number of hydrogen-bond donors (Lipinski definition) is 2. The second kappa shape index (κ2) is 10.1. The topological polar surface area (TPSA) is 79.3 Å². The molecular weight excluding hydrogens is 502 g/mol. The monoisotopic (exact) mass is 537 g/mol. The Morgan fingerprint density at radius 1 is 1.05 bits per heavy atom. The summed E-state index contributed by atoms with van der Waals surface area (Å²) in [5, 5.41) is 4.18. The molecule has 9 heteroatoms. The minimum atomic E-state index is -3.37. The molecular formula is C28H35N5O2S2. The fraction of sp³-hybridized carbons (Fsp3) is 0.429. The maximum absolute atomic E-state index is 11.8. The lowest BCUT2D eigenvalue weighted by molar-refractivity contribution is 0.345. The summed E-state index contributed by atoms with van der Waals surface area (Å²) in [5.41, 5.74) is 7.05. The summed E-state index contributed by atoms with van der Waals surface area (Å²) >= 11 is 5.92. The van der Waals surface area contributed by atoms with Crippen molar-refractivity contribution in [1.29, 1.82) is 0 Å². The van der Waals surface area contributed by atoms with Gasteiger partial charge in [0.15, 0.2) is 5.11 Å². The largest absolute Gasteiger partial charge is 0.351 e. The van der Waals surface area contributed by atoms with Crippen LogP contribution in [0.15, 0.2) is 48.7 Å². The first-order valence-corrected chi connectivity index (χ1v) is 15.2. The van der Waals surface area contributed by atoms with E-state index < -0.39 is 10.0 Å². The fourth-order valence-corrected chi connectivity index (χ4v) is 7.04. The molecule has 1 saturated heterocycles. The third-order valence-corrected chi connectivity index (χ3v) is 8.57. The van der Waals surface area contributed by atoms with Gasteiger partial charge in [-0.25, -0.2) is 8.42 Å². The lowest BCUT2D eigenvalue weighted by Crippen LogP contribution is -2.29. The molecule has 2 atom stereocenters. The van der Waals surface area contributed by atoms with Crippen molar-refractivity contribution >= 4 is 38.7 Å². The second-order valence-corrected chi connectivity index (χ2v) is 12.5. The van der Waals surface area contributed by atoms with Crippen molar-refractivity contribution in [3.63, 3.8) is 0 Å².